The van der Waals surface area contributed by atoms with E-state index < -0.39 is 53.8 Å². The van der Waals surface area contributed by atoms with Crippen molar-refractivity contribution in [2.45, 2.75) is 26.1 Å². The van der Waals surface area contributed by atoms with E-state index in [1.165, 1.54) is 43.5 Å². The minimum absolute atomic E-state index is 0.179. The molecule has 0 bridgehead atoms. The smallest absolute Gasteiger partial charge is 0.416 e. The maximum absolute atomic E-state index is 12.6. The third-order valence-electron chi connectivity index (χ3n) is 7.99. The van der Waals surface area contributed by atoms with Gasteiger partial charge in [-0.1, -0.05) is 11.6 Å². The van der Waals surface area contributed by atoms with Crippen molar-refractivity contribution < 1.29 is 62.2 Å². The Hall–Kier alpha value is -7.14. The van der Waals surface area contributed by atoms with Crippen LogP contribution in [0.5, 0.6) is 34.5 Å². The van der Waals surface area contributed by atoms with Gasteiger partial charge in [0.25, 0.3) is 11.8 Å². The van der Waals surface area contributed by atoms with Crippen LogP contribution in [0.2, 0.25) is 5.02 Å². The molecule has 18 heteroatoms. The number of hydrogen-bond donors (Lipinski definition) is 6. The van der Waals surface area contributed by atoms with Gasteiger partial charge in [-0.05, 0) is 98.8 Å². The minimum atomic E-state index is -4.45. The fourth-order valence-electron chi connectivity index (χ4n) is 5.13. The number of carboxylic acid groups (broad SMARTS) is 2. The molecule has 6 N–H and O–H groups in total. The van der Waals surface area contributed by atoms with E-state index in [-0.39, 0.29) is 34.0 Å². The summed E-state index contributed by atoms with van der Waals surface area (Å²) in [5.41, 5.74) is -0.880. The number of fused-ring (bicyclic) bond motifs is 2. The van der Waals surface area contributed by atoms with Crippen molar-refractivity contribution in [2.75, 3.05) is 6.54 Å². The Kier molecular flexibility index (Phi) is 12.3. The molecule has 0 saturated carbocycles. The summed E-state index contributed by atoms with van der Waals surface area (Å²) < 4.78 is 49.2. The number of nitrogens with zero attached hydrogens (tertiary/aromatic N) is 2. The number of aliphatic carboxylic acids is 2. The minimum Gasteiger partial charge on any atom is -0.505 e. The summed E-state index contributed by atoms with van der Waals surface area (Å²) in [6.45, 7) is 2.38. The van der Waals surface area contributed by atoms with Crippen LogP contribution in [0, 0.1) is 6.92 Å². The maximum Gasteiger partial charge on any atom is 0.416 e. The van der Waals surface area contributed by atoms with Crippen LogP contribution in [0.25, 0.3) is 21.5 Å². The number of ether oxygens (including phenoxy) is 2. The number of alkyl halides is 3. The van der Waals surface area contributed by atoms with E-state index in [1.54, 1.807) is 49.4 Å². The SMILES string of the molecule is C[C@H](NC(=O)c1ncc2cc(Oc3ccc(C(F)(F)F)cc3)ccc2c1O)C(=O)O.Cc1nc(C(=O)NCC(=O)O)c(O)c2ccc(Oc3ccc(Cl)cc3)cc12. The fourth-order valence-corrected chi connectivity index (χ4v) is 5.25. The molecule has 0 radical (unpaired) electrons. The number of benzene rings is 4. The van der Waals surface area contributed by atoms with Gasteiger partial charge in [-0.25, -0.2) is 9.97 Å². The lowest BCUT2D eigenvalue weighted by molar-refractivity contribution is -0.139. The predicted molar refractivity (Wildman–Crippen MR) is 199 cm³/mol. The van der Waals surface area contributed by atoms with Crippen LogP contribution in [0.1, 0.15) is 39.2 Å². The first-order valence-electron chi connectivity index (χ1n) is 16.5. The van der Waals surface area contributed by atoms with Crippen molar-refractivity contribution in [3.63, 3.8) is 0 Å². The largest absolute Gasteiger partial charge is 0.505 e. The number of aromatic hydroxyl groups is 2. The Morgan fingerprint density at radius 1 is 0.754 bits per heavy atom. The predicted octanol–water partition coefficient (Wildman–Crippen LogP) is 7.46. The standard InChI is InChI=1S/C20H15F3N2O5.C19H15ClN2O5/c1-10(19(28)29)25-18(27)16-17(26)15-7-6-14(8-11(15)9-24-16)30-13-4-2-12(3-5-13)20(21,22)23;1-10-15-8-13(27-12-4-2-11(20)3-5-12)6-7-14(15)18(25)17(22-10)19(26)21-9-16(23)24/h2-10,26H,1H3,(H,25,27)(H,28,29);2-8,25H,9H2,1H3,(H,21,26)(H,23,24)/t10-;/m0./s1. The first-order chi connectivity index (χ1) is 26.9. The Morgan fingerprint density at radius 3 is 1.88 bits per heavy atom. The number of nitrogens with one attached hydrogen (secondary N) is 2. The van der Waals surface area contributed by atoms with Gasteiger partial charge < -0.3 is 40.5 Å². The fraction of sp³-hybridized carbons (Fsp3) is 0.128. The quantitative estimate of drug-likeness (QED) is 0.0795. The van der Waals surface area contributed by atoms with Crippen molar-refractivity contribution in [1.82, 2.24) is 20.6 Å². The summed E-state index contributed by atoms with van der Waals surface area (Å²) in [6.07, 6.45) is -3.16. The summed E-state index contributed by atoms with van der Waals surface area (Å²) in [6, 6.07) is 19.2. The maximum atomic E-state index is 12.6. The summed E-state index contributed by atoms with van der Waals surface area (Å²) in [5, 5.41) is 44.9. The highest BCUT2D eigenvalue weighted by atomic mass is 35.5. The van der Waals surface area contributed by atoms with E-state index in [2.05, 4.69) is 20.6 Å². The Bertz CT molecular complexity index is 2500. The van der Waals surface area contributed by atoms with Gasteiger partial charge in [0.2, 0.25) is 0 Å². The molecule has 2 aromatic heterocycles. The number of carbonyl (C=O) groups excluding carboxylic acids is 2. The van der Waals surface area contributed by atoms with E-state index in [0.717, 1.165) is 12.1 Å². The van der Waals surface area contributed by atoms with E-state index in [0.29, 0.717) is 38.4 Å². The number of aromatic nitrogens is 2. The Labute approximate surface area is 325 Å². The van der Waals surface area contributed by atoms with Crippen LogP contribution < -0.4 is 20.1 Å². The normalized spacial score (nSPS) is 11.5. The van der Waals surface area contributed by atoms with E-state index in [4.69, 9.17) is 31.3 Å². The third kappa shape index (κ3) is 10.1. The average Bonchev–Trinajstić information content (AvgIpc) is 3.16. The van der Waals surface area contributed by atoms with Crippen LogP contribution in [0.3, 0.4) is 0 Å². The zero-order chi connectivity index (χ0) is 41.6. The lowest BCUT2D eigenvalue weighted by atomic mass is 10.1. The van der Waals surface area contributed by atoms with Gasteiger partial charge in [0.1, 0.15) is 35.6 Å². The van der Waals surface area contributed by atoms with E-state index in [9.17, 15) is 42.6 Å². The van der Waals surface area contributed by atoms with Crippen LogP contribution in [0.4, 0.5) is 13.2 Å². The van der Waals surface area contributed by atoms with Gasteiger partial charge in [-0.3, -0.25) is 19.2 Å². The number of rotatable bonds is 10. The molecule has 0 aliphatic rings. The highest BCUT2D eigenvalue weighted by Crippen LogP contribution is 2.35. The number of pyridine rings is 2. The molecule has 2 heterocycles. The zero-order valence-electron chi connectivity index (χ0n) is 29.6. The van der Waals surface area contributed by atoms with Crippen molar-refractivity contribution >= 4 is 56.9 Å². The van der Waals surface area contributed by atoms with Crippen molar-refractivity contribution in [3.8, 4) is 34.5 Å². The first kappa shape index (κ1) is 41.0. The molecule has 6 aromatic rings. The van der Waals surface area contributed by atoms with Gasteiger partial charge in [-0.2, -0.15) is 13.2 Å². The molecule has 1 atom stereocenters. The van der Waals surface area contributed by atoms with Gasteiger partial charge in [0.05, 0.1) is 5.56 Å². The molecule has 0 spiro atoms. The molecule has 14 nitrogen and oxygen atoms in total. The molecule has 0 aliphatic heterocycles. The number of aryl methyl sites for hydroxylation is 1. The molecule has 0 unspecified atom stereocenters. The number of halogens is 4. The van der Waals surface area contributed by atoms with Crippen molar-refractivity contribution in [1.29, 1.82) is 0 Å². The van der Waals surface area contributed by atoms with Crippen molar-refractivity contribution in [2.24, 2.45) is 0 Å². The monoisotopic (exact) mass is 806 g/mol. The number of hydrogen-bond acceptors (Lipinski definition) is 10. The summed E-state index contributed by atoms with van der Waals surface area (Å²) in [5.74, 6) is -3.23. The summed E-state index contributed by atoms with van der Waals surface area (Å²) in [4.78, 5) is 53.6. The molecular formula is C39H30ClF3N4O10. The highest BCUT2D eigenvalue weighted by Gasteiger charge is 2.30. The lowest BCUT2D eigenvalue weighted by Crippen LogP contribution is -2.38. The molecule has 294 valence electrons. The molecule has 0 aliphatic carbocycles. The van der Waals surface area contributed by atoms with E-state index in [1.807, 2.05) is 0 Å². The second-order valence-electron chi connectivity index (χ2n) is 12.1. The van der Waals surface area contributed by atoms with Crippen LogP contribution in [0.15, 0.2) is 91.1 Å². The van der Waals surface area contributed by atoms with Gasteiger partial charge in [0, 0.05) is 38.5 Å². The summed E-state index contributed by atoms with van der Waals surface area (Å²) in [7, 11) is 0. The molecule has 4 aromatic carbocycles. The Morgan fingerprint density at radius 2 is 1.30 bits per heavy atom. The van der Waals surface area contributed by atoms with Gasteiger partial charge in [-0.15, -0.1) is 0 Å². The van der Waals surface area contributed by atoms with Gasteiger partial charge in [0.15, 0.2) is 22.9 Å². The molecule has 0 fully saturated rings. The second-order valence-corrected chi connectivity index (χ2v) is 12.5. The van der Waals surface area contributed by atoms with Gasteiger partial charge >= 0.3 is 18.1 Å². The highest BCUT2D eigenvalue weighted by molar-refractivity contribution is 6.30. The van der Waals surface area contributed by atoms with E-state index >= 15 is 0 Å². The molecular weight excluding hydrogens is 777 g/mol. The molecule has 2 amide bonds. The molecule has 57 heavy (non-hydrogen) atoms. The first-order valence-corrected chi connectivity index (χ1v) is 16.9. The topological polar surface area (TPSA) is 217 Å². The molecule has 6 rings (SSSR count). The second kappa shape index (κ2) is 17.1. The molecule has 0 saturated heterocycles. The third-order valence-corrected chi connectivity index (χ3v) is 8.24. The van der Waals surface area contributed by atoms with Crippen LogP contribution >= 0.6 is 11.6 Å². The summed E-state index contributed by atoms with van der Waals surface area (Å²) >= 11 is 5.85. The van der Waals surface area contributed by atoms with Crippen LogP contribution in [-0.4, -0.2) is 66.7 Å². The number of carbonyl (C=O) groups is 4. The number of amides is 2. The van der Waals surface area contributed by atoms with Crippen molar-refractivity contribution in [3.05, 3.63) is 119 Å². The Balaban J connectivity index is 0.000000219. The average molecular weight is 807 g/mol. The number of carboxylic acids is 2. The zero-order valence-corrected chi connectivity index (χ0v) is 30.3. The van der Waals surface area contributed by atoms with Crippen LogP contribution in [-0.2, 0) is 15.8 Å². The lowest BCUT2D eigenvalue weighted by Gasteiger charge is -2.12.